The van der Waals surface area contributed by atoms with Crippen LogP contribution in [0.1, 0.15) is 30.3 Å². The van der Waals surface area contributed by atoms with Gasteiger partial charge in [0.15, 0.2) is 0 Å². The van der Waals surface area contributed by atoms with Crippen molar-refractivity contribution < 1.29 is 4.79 Å². The van der Waals surface area contributed by atoms with E-state index in [9.17, 15) is 4.79 Å². The minimum absolute atomic E-state index is 0.278. The van der Waals surface area contributed by atoms with Crippen molar-refractivity contribution >= 4 is 28.4 Å². The van der Waals surface area contributed by atoms with Crippen LogP contribution in [0.2, 0.25) is 5.02 Å². The normalized spacial score (nSPS) is 11.8. The van der Waals surface area contributed by atoms with E-state index < -0.39 is 0 Å². The number of nitrogens with one attached hydrogen (secondary N) is 1. The summed E-state index contributed by atoms with van der Waals surface area (Å²) in [5.41, 5.74) is 0.975. The highest BCUT2D eigenvalue weighted by atomic mass is 35.5. The maximum Gasteiger partial charge on any atom is 0.270 e. The lowest BCUT2D eigenvalue weighted by Crippen LogP contribution is -2.34. The lowest BCUT2D eigenvalue weighted by molar-refractivity contribution is 0.0939. The van der Waals surface area contributed by atoms with Crippen molar-refractivity contribution in [1.29, 1.82) is 0 Å². The fourth-order valence-electron chi connectivity index (χ4n) is 1.97. The quantitative estimate of drug-likeness (QED) is 0.875. The first kappa shape index (κ1) is 14.4. The number of benzene rings is 1. The number of hydrogen-bond donors (Lipinski definition) is 1. The van der Waals surface area contributed by atoms with Crippen molar-refractivity contribution in [3.8, 4) is 12.3 Å². The van der Waals surface area contributed by atoms with Crippen molar-refractivity contribution in [2.24, 2.45) is 0 Å². The van der Waals surface area contributed by atoms with E-state index in [1.165, 1.54) is 0 Å². The number of hydrogen-bond acceptors (Lipinski definition) is 2. The Morgan fingerprint density at radius 2 is 2.25 bits per heavy atom. The van der Waals surface area contributed by atoms with Crippen molar-refractivity contribution in [3.05, 3.63) is 41.0 Å². The summed E-state index contributed by atoms with van der Waals surface area (Å²) in [6.07, 6.45) is 7.04. The van der Waals surface area contributed by atoms with Crippen LogP contribution in [0.4, 0.5) is 0 Å². The standard InChI is InChI=1S/C16H15ClN2O/c1-3-7-11(4-2)18-16(20)15-10-13(17)12-8-5-6-9-14(12)19-15/h2,5-6,8-11H,3,7H2,1H3,(H,18,20). The zero-order valence-corrected chi connectivity index (χ0v) is 11.9. The molecule has 1 atom stereocenters. The zero-order chi connectivity index (χ0) is 14.5. The Hall–Kier alpha value is -2.05. The molecule has 0 aliphatic rings. The largest absolute Gasteiger partial charge is 0.337 e. The molecule has 1 amide bonds. The molecule has 1 N–H and O–H groups in total. The molecule has 1 aromatic heterocycles. The molecule has 1 unspecified atom stereocenters. The fourth-order valence-corrected chi connectivity index (χ4v) is 2.23. The Kier molecular flexibility index (Phi) is 4.60. The fraction of sp³-hybridized carbons (Fsp3) is 0.250. The number of rotatable bonds is 4. The predicted molar refractivity (Wildman–Crippen MR) is 81.7 cm³/mol. The number of para-hydroxylation sites is 1. The molecule has 0 bridgehead atoms. The number of pyridine rings is 1. The van der Waals surface area contributed by atoms with E-state index in [2.05, 4.69) is 16.2 Å². The number of nitrogens with zero attached hydrogens (tertiary/aromatic N) is 1. The van der Waals surface area contributed by atoms with E-state index in [0.717, 1.165) is 18.2 Å². The predicted octanol–water partition coefficient (Wildman–Crippen LogP) is 3.42. The molecule has 0 radical (unpaired) electrons. The van der Waals surface area contributed by atoms with E-state index in [1.54, 1.807) is 6.07 Å². The molecule has 0 saturated carbocycles. The first-order valence-corrected chi connectivity index (χ1v) is 6.85. The number of carbonyl (C=O) groups excluding carboxylic acids is 1. The van der Waals surface area contributed by atoms with E-state index in [0.29, 0.717) is 10.5 Å². The summed E-state index contributed by atoms with van der Waals surface area (Å²) in [6.45, 7) is 2.02. The Balaban J connectivity index is 2.29. The maximum absolute atomic E-state index is 12.2. The second-order valence-electron chi connectivity index (χ2n) is 4.49. The smallest absolute Gasteiger partial charge is 0.270 e. The van der Waals surface area contributed by atoms with Gasteiger partial charge in [-0.2, -0.15) is 0 Å². The van der Waals surface area contributed by atoms with Gasteiger partial charge in [0.25, 0.3) is 5.91 Å². The molecule has 0 spiro atoms. The SMILES string of the molecule is C#CC(CCC)NC(=O)c1cc(Cl)c2ccccc2n1. The summed E-state index contributed by atoms with van der Waals surface area (Å²) in [5, 5.41) is 4.11. The average Bonchev–Trinajstić information content (AvgIpc) is 2.46. The van der Waals surface area contributed by atoms with Crippen LogP contribution in [-0.2, 0) is 0 Å². The minimum atomic E-state index is -0.297. The van der Waals surface area contributed by atoms with Gasteiger partial charge in [-0.1, -0.05) is 49.1 Å². The van der Waals surface area contributed by atoms with Crippen molar-refractivity contribution in [3.63, 3.8) is 0 Å². The molecular weight excluding hydrogens is 272 g/mol. The number of fused-ring (bicyclic) bond motifs is 1. The molecule has 4 heteroatoms. The molecular formula is C16H15ClN2O. The summed E-state index contributed by atoms with van der Waals surface area (Å²) in [6, 6.07) is 8.72. The molecule has 102 valence electrons. The first-order valence-electron chi connectivity index (χ1n) is 6.48. The van der Waals surface area contributed by atoms with Crippen LogP contribution >= 0.6 is 11.6 Å². The Labute approximate surface area is 123 Å². The van der Waals surface area contributed by atoms with Crippen LogP contribution in [0.3, 0.4) is 0 Å². The van der Waals surface area contributed by atoms with Gasteiger partial charge in [-0.3, -0.25) is 4.79 Å². The second kappa shape index (κ2) is 6.40. The second-order valence-corrected chi connectivity index (χ2v) is 4.90. The van der Waals surface area contributed by atoms with Crippen molar-refractivity contribution in [1.82, 2.24) is 10.3 Å². The van der Waals surface area contributed by atoms with Gasteiger partial charge >= 0.3 is 0 Å². The van der Waals surface area contributed by atoms with E-state index >= 15 is 0 Å². The summed E-state index contributed by atoms with van der Waals surface area (Å²) in [5.74, 6) is 2.27. The van der Waals surface area contributed by atoms with E-state index in [-0.39, 0.29) is 17.6 Å². The molecule has 0 fully saturated rings. The van der Waals surface area contributed by atoms with Crippen molar-refractivity contribution in [2.45, 2.75) is 25.8 Å². The minimum Gasteiger partial charge on any atom is -0.337 e. The highest BCUT2D eigenvalue weighted by Gasteiger charge is 2.14. The lowest BCUT2D eigenvalue weighted by atomic mass is 10.1. The molecule has 1 aromatic carbocycles. The van der Waals surface area contributed by atoms with Crippen LogP contribution in [0.25, 0.3) is 10.9 Å². The van der Waals surface area contributed by atoms with Crippen molar-refractivity contribution in [2.75, 3.05) is 0 Å². The molecule has 2 rings (SSSR count). The van der Waals surface area contributed by atoms with E-state index in [4.69, 9.17) is 18.0 Å². The summed E-state index contributed by atoms with van der Waals surface area (Å²) in [7, 11) is 0. The lowest BCUT2D eigenvalue weighted by Gasteiger charge is -2.12. The van der Waals surface area contributed by atoms with Crippen LogP contribution in [0, 0.1) is 12.3 Å². The zero-order valence-electron chi connectivity index (χ0n) is 11.2. The van der Waals surface area contributed by atoms with Gasteiger partial charge in [0.05, 0.1) is 16.6 Å². The van der Waals surface area contributed by atoms with Crippen LogP contribution in [0.5, 0.6) is 0 Å². The Bertz CT molecular complexity index is 676. The monoisotopic (exact) mass is 286 g/mol. The summed E-state index contributed by atoms with van der Waals surface area (Å²) < 4.78 is 0. The number of amides is 1. The summed E-state index contributed by atoms with van der Waals surface area (Å²) in [4.78, 5) is 16.5. The number of carbonyl (C=O) groups is 1. The van der Waals surface area contributed by atoms with Crippen LogP contribution in [0.15, 0.2) is 30.3 Å². The number of aromatic nitrogens is 1. The molecule has 20 heavy (non-hydrogen) atoms. The maximum atomic E-state index is 12.2. The molecule has 2 aromatic rings. The molecule has 0 saturated heterocycles. The Morgan fingerprint density at radius 1 is 1.50 bits per heavy atom. The van der Waals surface area contributed by atoms with Gasteiger partial charge in [0.2, 0.25) is 0 Å². The third kappa shape index (κ3) is 3.09. The van der Waals surface area contributed by atoms with Crippen LogP contribution < -0.4 is 5.32 Å². The molecule has 0 aliphatic heterocycles. The van der Waals surface area contributed by atoms with Crippen LogP contribution in [-0.4, -0.2) is 16.9 Å². The van der Waals surface area contributed by atoms with Gasteiger partial charge in [0.1, 0.15) is 5.69 Å². The molecule has 1 heterocycles. The number of halogens is 1. The highest BCUT2D eigenvalue weighted by molar-refractivity contribution is 6.35. The van der Waals surface area contributed by atoms with Gasteiger partial charge in [-0.15, -0.1) is 6.42 Å². The van der Waals surface area contributed by atoms with Gasteiger partial charge in [0, 0.05) is 5.39 Å². The Morgan fingerprint density at radius 3 is 2.95 bits per heavy atom. The molecule has 3 nitrogen and oxygen atoms in total. The van der Waals surface area contributed by atoms with Gasteiger partial charge in [-0.25, -0.2) is 4.98 Å². The third-order valence-electron chi connectivity index (χ3n) is 2.98. The van der Waals surface area contributed by atoms with Gasteiger partial charge < -0.3 is 5.32 Å². The third-order valence-corrected chi connectivity index (χ3v) is 3.29. The van der Waals surface area contributed by atoms with Gasteiger partial charge in [-0.05, 0) is 18.6 Å². The topological polar surface area (TPSA) is 42.0 Å². The average molecular weight is 287 g/mol. The first-order chi connectivity index (χ1) is 9.65. The number of terminal acetylenes is 1. The summed E-state index contributed by atoms with van der Waals surface area (Å²) >= 11 is 6.18. The highest BCUT2D eigenvalue weighted by Crippen LogP contribution is 2.22. The van der Waals surface area contributed by atoms with E-state index in [1.807, 2.05) is 31.2 Å². The molecule has 0 aliphatic carbocycles.